The van der Waals surface area contributed by atoms with Crippen LogP contribution >= 0.6 is 0 Å². The SMILES string of the molecule is CC=CC=CC(=O)Nc1ccc(CN2CCc3ccccc32)cc1. The van der Waals surface area contributed by atoms with Crippen LogP contribution in [0.3, 0.4) is 0 Å². The summed E-state index contributed by atoms with van der Waals surface area (Å²) in [5.41, 5.74) is 4.82. The molecule has 1 N–H and O–H groups in total. The number of carbonyl (C=O) groups is 1. The molecule has 0 fully saturated rings. The summed E-state index contributed by atoms with van der Waals surface area (Å²) in [5, 5.41) is 2.86. The first-order valence-corrected chi connectivity index (χ1v) is 8.28. The zero-order chi connectivity index (χ0) is 16.8. The van der Waals surface area contributed by atoms with Gasteiger partial charge in [-0.15, -0.1) is 0 Å². The molecule has 0 aliphatic carbocycles. The van der Waals surface area contributed by atoms with Crippen molar-refractivity contribution >= 4 is 17.3 Å². The van der Waals surface area contributed by atoms with Gasteiger partial charge >= 0.3 is 0 Å². The van der Waals surface area contributed by atoms with E-state index >= 15 is 0 Å². The van der Waals surface area contributed by atoms with E-state index in [2.05, 4.69) is 46.6 Å². The summed E-state index contributed by atoms with van der Waals surface area (Å²) in [6.45, 7) is 3.87. The van der Waals surface area contributed by atoms with Gasteiger partial charge in [0.1, 0.15) is 0 Å². The number of carbonyl (C=O) groups excluding carboxylic acids is 1. The van der Waals surface area contributed by atoms with E-state index in [9.17, 15) is 4.79 Å². The van der Waals surface area contributed by atoms with Gasteiger partial charge in [-0.1, -0.05) is 48.6 Å². The second-order valence-electron chi connectivity index (χ2n) is 5.87. The topological polar surface area (TPSA) is 32.3 Å². The maximum atomic E-state index is 11.7. The fraction of sp³-hybridized carbons (Fsp3) is 0.190. The average molecular weight is 318 g/mol. The lowest BCUT2D eigenvalue weighted by molar-refractivity contribution is -0.111. The fourth-order valence-electron chi connectivity index (χ4n) is 2.92. The van der Waals surface area contributed by atoms with E-state index in [0.717, 1.165) is 25.2 Å². The van der Waals surface area contributed by atoms with Crippen molar-refractivity contribution in [1.29, 1.82) is 0 Å². The monoisotopic (exact) mass is 318 g/mol. The van der Waals surface area contributed by atoms with E-state index in [-0.39, 0.29) is 5.91 Å². The van der Waals surface area contributed by atoms with Gasteiger partial charge in [0.2, 0.25) is 5.91 Å². The molecule has 0 atom stereocenters. The van der Waals surface area contributed by atoms with Crippen LogP contribution in [0.2, 0.25) is 0 Å². The van der Waals surface area contributed by atoms with Crippen LogP contribution in [0.15, 0.2) is 72.8 Å². The van der Waals surface area contributed by atoms with Crippen LogP contribution in [0.25, 0.3) is 0 Å². The molecular weight excluding hydrogens is 296 g/mol. The normalized spacial score (nSPS) is 13.6. The van der Waals surface area contributed by atoms with Gasteiger partial charge in [-0.05, 0) is 42.7 Å². The number of para-hydroxylation sites is 1. The number of benzene rings is 2. The zero-order valence-electron chi connectivity index (χ0n) is 13.9. The molecule has 3 heteroatoms. The minimum absolute atomic E-state index is 0.116. The van der Waals surface area contributed by atoms with Gasteiger partial charge in [0.25, 0.3) is 0 Å². The van der Waals surface area contributed by atoms with Crippen molar-refractivity contribution in [3.8, 4) is 0 Å². The van der Waals surface area contributed by atoms with Crippen molar-refractivity contribution in [2.75, 3.05) is 16.8 Å². The third kappa shape index (κ3) is 3.93. The summed E-state index contributed by atoms with van der Waals surface area (Å²) < 4.78 is 0. The lowest BCUT2D eigenvalue weighted by Gasteiger charge is -2.19. The highest BCUT2D eigenvalue weighted by Crippen LogP contribution is 2.28. The number of hydrogen-bond acceptors (Lipinski definition) is 2. The molecular formula is C21H22N2O. The van der Waals surface area contributed by atoms with Gasteiger partial charge in [0.15, 0.2) is 0 Å². The predicted molar refractivity (Wildman–Crippen MR) is 100 cm³/mol. The van der Waals surface area contributed by atoms with Crippen LogP contribution in [0.5, 0.6) is 0 Å². The molecule has 3 rings (SSSR count). The second kappa shape index (κ2) is 7.64. The van der Waals surface area contributed by atoms with Gasteiger partial charge in [0, 0.05) is 30.5 Å². The molecule has 1 aliphatic heterocycles. The summed E-state index contributed by atoms with van der Waals surface area (Å²) in [6, 6.07) is 16.7. The van der Waals surface area contributed by atoms with Crippen molar-refractivity contribution in [2.45, 2.75) is 19.9 Å². The van der Waals surface area contributed by atoms with Crippen molar-refractivity contribution < 1.29 is 4.79 Å². The first-order valence-electron chi connectivity index (χ1n) is 8.28. The maximum Gasteiger partial charge on any atom is 0.248 e. The first kappa shape index (κ1) is 16.1. The minimum atomic E-state index is -0.116. The molecule has 0 radical (unpaired) electrons. The number of nitrogens with zero attached hydrogens (tertiary/aromatic N) is 1. The summed E-state index contributed by atoms with van der Waals surface area (Å²) in [6.07, 6.45) is 8.08. The molecule has 0 spiro atoms. The molecule has 0 aromatic heterocycles. The molecule has 0 unspecified atom stereocenters. The Bertz CT molecular complexity index is 760. The van der Waals surface area contributed by atoms with Crippen molar-refractivity contribution in [3.05, 3.63) is 84.0 Å². The fourth-order valence-corrected chi connectivity index (χ4v) is 2.92. The van der Waals surface area contributed by atoms with Gasteiger partial charge in [-0.3, -0.25) is 4.79 Å². The lowest BCUT2D eigenvalue weighted by Crippen LogP contribution is -2.19. The number of anilines is 2. The highest BCUT2D eigenvalue weighted by Gasteiger charge is 2.17. The summed E-state index contributed by atoms with van der Waals surface area (Å²) in [5.74, 6) is -0.116. The molecule has 24 heavy (non-hydrogen) atoms. The van der Waals surface area contributed by atoms with E-state index in [1.54, 1.807) is 6.08 Å². The second-order valence-corrected chi connectivity index (χ2v) is 5.87. The zero-order valence-corrected chi connectivity index (χ0v) is 13.9. The largest absolute Gasteiger partial charge is 0.367 e. The standard InChI is InChI=1S/C21H22N2O/c1-2-3-4-9-21(24)22-19-12-10-17(11-13-19)16-23-15-14-18-7-5-6-8-20(18)23/h2-13H,14-16H2,1H3,(H,22,24). The number of fused-ring (bicyclic) bond motifs is 1. The molecule has 0 saturated heterocycles. The average Bonchev–Trinajstić information content (AvgIpc) is 3.00. The highest BCUT2D eigenvalue weighted by molar-refractivity contribution is 5.99. The van der Waals surface area contributed by atoms with Gasteiger partial charge < -0.3 is 10.2 Å². The van der Waals surface area contributed by atoms with E-state index in [1.165, 1.54) is 22.9 Å². The molecule has 1 heterocycles. The molecule has 3 nitrogen and oxygen atoms in total. The Hall–Kier alpha value is -2.81. The number of nitrogens with one attached hydrogen (secondary N) is 1. The number of allylic oxidation sites excluding steroid dienone is 3. The Labute approximate surface area is 143 Å². The van der Waals surface area contributed by atoms with Crippen molar-refractivity contribution in [2.24, 2.45) is 0 Å². The van der Waals surface area contributed by atoms with Crippen LogP contribution < -0.4 is 10.2 Å². The molecule has 2 aromatic rings. The summed E-state index contributed by atoms with van der Waals surface area (Å²) >= 11 is 0. The molecule has 122 valence electrons. The molecule has 1 aliphatic rings. The Morgan fingerprint density at radius 2 is 1.92 bits per heavy atom. The van der Waals surface area contributed by atoms with E-state index in [4.69, 9.17) is 0 Å². The number of rotatable bonds is 5. The molecule has 0 bridgehead atoms. The van der Waals surface area contributed by atoms with Gasteiger partial charge in [-0.2, -0.15) is 0 Å². The van der Waals surface area contributed by atoms with Crippen LogP contribution in [0.4, 0.5) is 11.4 Å². The third-order valence-corrected chi connectivity index (χ3v) is 4.13. The Morgan fingerprint density at radius 3 is 2.71 bits per heavy atom. The Balaban J connectivity index is 1.60. The van der Waals surface area contributed by atoms with E-state index in [1.807, 2.05) is 31.2 Å². The molecule has 0 saturated carbocycles. The quantitative estimate of drug-likeness (QED) is 0.658. The van der Waals surface area contributed by atoms with Crippen molar-refractivity contribution in [1.82, 2.24) is 0 Å². The van der Waals surface area contributed by atoms with Crippen LogP contribution in [-0.4, -0.2) is 12.5 Å². The molecule has 1 amide bonds. The van der Waals surface area contributed by atoms with Gasteiger partial charge in [-0.25, -0.2) is 0 Å². The minimum Gasteiger partial charge on any atom is -0.367 e. The van der Waals surface area contributed by atoms with Crippen LogP contribution in [0.1, 0.15) is 18.1 Å². The molecule has 2 aromatic carbocycles. The maximum absolute atomic E-state index is 11.7. The Morgan fingerprint density at radius 1 is 1.12 bits per heavy atom. The third-order valence-electron chi connectivity index (χ3n) is 4.13. The smallest absolute Gasteiger partial charge is 0.248 e. The number of amides is 1. The number of hydrogen-bond donors (Lipinski definition) is 1. The van der Waals surface area contributed by atoms with E-state index < -0.39 is 0 Å². The Kier molecular flexibility index (Phi) is 5.12. The van der Waals surface area contributed by atoms with Crippen LogP contribution in [-0.2, 0) is 17.8 Å². The highest BCUT2D eigenvalue weighted by atomic mass is 16.1. The summed E-state index contributed by atoms with van der Waals surface area (Å²) in [7, 11) is 0. The summed E-state index contributed by atoms with van der Waals surface area (Å²) in [4.78, 5) is 14.2. The van der Waals surface area contributed by atoms with Crippen molar-refractivity contribution in [3.63, 3.8) is 0 Å². The lowest BCUT2D eigenvalue weighted by atomic mass is 10.1. The van der Waals surface area contributed by atoms with Crippen LogP contribution in [0, 0.1) is 0 Å². The van der Waals surface area contributed by atoms with Gasteiger partial charge in [0.05, 0.1) is 0 Å². The first-order chi connectivity index (χ1) is 11.8. The predicted octanol–water partition coefficient (Wildman–Crippen LogP) is 4.32. The van der Waals surface area contributed by atoms with E-state index in [0.29, 0.717) is 0 Å².